The van der Waals surface area contributed by atoms with Crippen LogP contribution in [-0.4, -0.2) is 28.7 Å². The van der Waals surface area contributed by atoms with Crippen molar-refractivity contribution in [3.63, 3.8) is 0 Å². The Hall–Kier alpha value is -2.55. The molecular weight excluding hydrogens is 356 g/mol. The van der Waals surface area contributed by atoms with Crippen molar-refractivity contribution in [1.29, 1.82) is 0 Å². The summed E-state index contributed by atoms with van der Waals surface area (Å²) < 4.78 is 35.5. The number of benzene rings is 1. The Bertz CT molecular complexity index is 1040. The van der Waals surface area contributed by atoms with E-state index in [1.54, 1.807) is 0 Å². The molecule has 0 N–H and O–H groups in total. The summed E-state index contributed by atoms with van der Waals surface area (Å²) in [6, 6.07) is 7.59. The number of sulfone groups is 1. The van der Waals surface area contributed by atoms with Gasteiger partial charge in [-0.1, -0.05) is 34.1 Å². The Morgan fingerprint density at radius 2 is 2.00 bits per heavy atom. The molecule has 0 spiro atoms. The average Bonchev–Trinajstić information content (AvgIpc) is 3.16. The number of aromatic nitrogens is 4. The van der Waals surface area contributed by atoms with E-state index >= 15 is 0 Å². The van der Waals surface area contributed by atoms with E-state index < -0.39 is 15.1 Å². The molecule has 1 atom stereocenters. The number of rotatable bonds is 6. The van der Waals surface area contributed by atoms with Crippen molar-refractivity contribution in [2.45, 2.75) is 43.6 Å². The minimum Gasteiger partial charge on any atom is -0.338 e. The second kappa shape index (κ2) is 6.31. The maximum atomic E-state index is 12.6. The lowest BCUT2D eigenvalue weighted by atomic mass is 10.1. The fourth-order valence-electron chi connectivity index (χ4n) is 2.59. The van der Waals surface area contributed by atoms with Crippen LogP contribution in [0.1, 0.15) is 54.1 Å². The predicted octanol–water partition coefficient (Wildman–Crippen LogP) is 2.98. The molecule has 2 heterocycles. The smallest absolute Gasteiger partial charge is 0.244 e. The molecule has 1 aliphatic rings. The molecular formula is C17H18N4O4S. The number of aryl methyl sites for hydroxylation is 1. The summed E-state index contributed by atoms with van der Waals surface area (Å²) >= 11 is 0. The maximum absolute atomic E-state index is 12.6. The van der Waals surface area contributed by atoms with Gasteiger partial charge in [-0.15, -0.1) is 0 Å². The van der Waals surface area contributed by atoms with Gasteiger partial charge in [0.2, 0.25) is 17.6 Å². The quantitative estimate of drug-likeness (QED) is 0.647. The van der Waals surface area contributed by atoms with E-state index in [1.165, 1.54) is 6.92 Å². The lowest BCUT2D eigenvalue weighted by molar-refractivity contribution is 0.369. The SMILES string of the molecule is Cc1cccc(-c2noc(CS(=O)(=O)[C@H](C)c3nc(C4CC4)no3)n2)c1. The Morgan fingerprint density at radius 3 is 2.73 bits per heavy atom. The second-order valence-electron chi connectivity index (χ2n) is 6.60. The van der Waals surface area contributed by atoms with Crippen LogP contribution in [0.4, 0.5) is 0 Å². The Labute approximate surface area is 150 Å². The highest BCUT2D eigenvalue weighted by atomic mass is 32.2. The van der Waals surface area contributed by atoms with Crippen LogP contribution >= 0.6 is 0 Å². The van der Waals surface area contributed by atoms with Crippen LogP contribution in [0.15, 0.2) is 33.3 Å². The summed E-state index contributed by atoms with van der Waals surface area (Å²) in [6.07, 6.45) is 2.04. The van der Waals surface area contributed by atoms with E-state index in [0.717, 1.165) is 24.0 Å². The topological polar surface area (TPSA) is 112 Å². The number of nitrogens with zero attached hydrogens (tertiary/aromatic N) is 4. The molecule has 0 saturated heterocycles. The summed E-state index contributed by atoms with van der Waals surface area (Å²) in [5.74, 6) is 1.01. The molecule has 0 aliphatic heterocycles. The van der Waals surface area contributed by atoms with Gasteiger partial charge in [0.15, 0.2) is 15.7 Å². The zero-order valence-corrected chi connectivity index (χ0v) is 15.2. The molecule has 26 heavy (non-hydrogen) atoms. The molecule has 0 bridgehead atoms. The largest absolute Gasteiger partial charge is 0.338 e. The van der Waals surface area contributed by atoms with E-state index in [1.807, 2.05) is 31.2 Å². The second-order valence-corrected chi connectivity index (χ2v) is 8.92. The molecule has 0 unspecified atom stereocenters. The van der Waals surface area contributed by atoms with Crippen molar-refractivity contribution in [1.82, 2.24) is 20.3 Å². The highest BCUT2D eigenvalue weighted by molar-refractivity contribution is 7.90. The van der Waals surface area contributed by atoms with Crippen molar-refractivity contribution in [3.05, 3.63) is 47.4 Å². The van der Waals surface area contributed by atoms with Crippen LogP contribution in [0.2, 0.25) is 0 Å². The molecule has 8 nitrogen and oxygen atoms in total. The van der Waals surface area contributed by atoms with Crippen LogP contribution in [-0.2, 0) is 15.6 Å². The summed E-state index contributed by atoms with van der Waals surface area (Å²) in [5, 5.41) is 6.81. The van der Waals surface area contributed by atoms with Crippen molar-refractivity contribution < 1.29 is 17.5 Å². The van der Waals surface area contributed by atoms with Crippen LogP contribution in [0, 0.1) is 6.92 Å². The minimum absolute atomic E-state index is 0.0373. The van der Waals surface area contributed by atoms with Gasteiger partial charge in [-0.05, 0) is 32.8 Å². The summed E-state index contributed by atoms with van der Waals surface area (Å²) in [6.45, 7) is 3.48. The van der Waals surface area contributed by atoms with E-state index in [9.17, 15) is 8.42 Å². The molecule has 136 valence electrons. The molecule has 1 saturated carbocycles. The average molecular weight is 374 g/mol. The third kappa shape index (κ3) is 3.39. The Balaban J connectivity index is 1.52. The first-order valence-electron chi connectivity index (χ1n) is 8.37. The van der Waals surface area contributed by atoms with Crippen LogP contribution in [0.3, 0.4) is 0 Å². The monoisotopic (exact) mass is 374 g/mol. The van der Waals surface area contributed by atoms with Crippen molar-refractivity contribution in [2.24, 2.45) is 0 Å². The van der Waals surface area contributed by atoms with E-state index in [0.29, 0.717) is 17.6 Å². The lowest BCUT2D eigenvalue weighted by Gasteiger charge is -2.05. The highest BCUT2D eigenvalue weighted by Gasteiger charge is 2.34. The van der Waals surface area contributed by atoms with Gasteiger partial charge in [0.25, 0.3) is 0 Å². The molecule has 0 radical (unpaired) electrons. The van der Waals surface area contributed by atoms with Gasteiger partial charge in [-0.2, -0.15) is 9.97 Å². The van der Waals surface area contributed by atoms with E-state index in [4.69, 9.17) is 9.05 Å². The van der Waals surface area contributed by atoms with Crippen LogP contribution in [0.25, 0.3) is 11.4 Å². The summed E-state index contributed by atoms with van der Waals surface area (Å²) in [7, 11) is -3.63. The standard InChI is InChI=1S/C17H18N4O4S/c1-10-4-3-5-13(8-10)16-18-14(24-20-16)9-26(22,23)11(2)17-19-15(21-25-17)12-6-7-12/h3-5,8,11-12H,6-7,9H2,1-2H3/t11-/m1/s1. The molecule has 4 rings (SSSR count). The zero-order valence-electron chi connectivity index (χ0n) is 14.4. The molecule has 0 amide bonds. The van der Waals surface area contributed by atoms with Crippen molar-refractivity contribution in [2.75, 3.05) is 0 Å². The van der Waals surface area contributed by atoms with Gasteiger partial charge in [-0.3, -0.25) is 0 Å². The molecule has 9 heteroatoms. The van der Waals surface area contributed by atoms with E-state index in [2.05, 4.69) is 20.3 Å². The Kier molecular flexibility index (Phi) is 4.10. The number of hydrogen-bond donors (Lipinski definition) is 0. The highest BCUT2D eigenvalue weighted by Crippen LogP contribution is 2.39. The van der Waals surface area contributed by atoms with Gasteiger partial charge >= 0.3 is 0 Å². The zero-order chi connectivity index (χ0) is 18.3. The van der Waals surface area contributed by atoms with Crippen molar-refractivity contribution >= 4 is 9.84 Å². The summed E-state index contributed by atoms with van der Waals surface area (Å²) in [5.41, 5.74) is 1.83. The maximum Gasteiger partial charge on any atom is 0.244 e. The molecule has 1 aliphatic carbocycles. The first-order chi connectivity index (χ1) is 12.4. The number of hydrogen-bond acceptors (Lipinski definition) is 8. The van der Waals surface area contributed by atoms with Gasteiger partial charge in [0.05, 0.1) is 0 Å². The fourth-order valence-corrected chi connectivity index (χ4v) is 3.70. The molecule has 3 aromatic rings. The molecule has 1 fully saturated rings. The predicted molar refractivity (Wildman–Crippen MR) is 91.8 cm³/mol. The minimum atomic E-state index is -3.63. The first kappa shape index (κ1) is 16.9. The fraction of sp³-hybridized carbons (Fsp3) is 0.412. The first-order valence-corrected chi connectivity index (χ1v) is 10.1. The van der Waals surface area contributed by atoms with Crippen molar-refractivity contribution in [3.8, 4) is 11.4 Å². The van der Waals surface area contributed by atoms with Gasteiger partial charge < -0.3 is 9.05 Å². The third-order valence-corrected chi connectivity index (χ3v) is 6.28. The summed E-state index contributed by atoms with van der Waals surface area (Å²) in [4.78, 5) is 8.42. The van der Waals surface area contributed by atoms with Gasteiger partial charge in [-0.25, -0.2) is 8.42 Å². The molecule has 1 aromatic carbocycles. The van der Waals surface area contributed by atoms with Gasteiger partial charge in [0.1, 0.15) is 11.0 Å². The normalized spacial score (nSPS) is 15.9. The molecule has 2 aromatic heterocycles. The Morgan fingerprint density at radius 1 is 1.19 bits per heavy atom. The third-order valence-electron chi connectivity index (χ3n) is 4.36. The van der Waals surface area contributed by atoms with Crippen LogP contribution in [0.5, 0.6) is 0 Å². The van der Waals surface area contributed by atoms with Crippen LogP contribution < -0.4 is 0 Å². The van der Waals surface area contributed by atoms with Gasteiger partial charge in [0, 0.05) is 11.5 Å². The van der Waals surface area contributed by atoms with E-state index in [-0.39, 0.29) is 17.5 Å². The lowest BCUT2D eigenvalue weighted by Crippen LogP contribution is -2.13.